The van der Waals surface area contributed by atoms with Gasteiger partial charge in [0, 0.05) is 35.7 Å². The molecule has 8 heteroatoms. The van der Waals surface area contributed by atoms with Crippen LogP contribution < -0.4 is 9.64 Å². The number of non-ortho nitro benzene ring substituents is 1. The minimum Gasteiger partial charge on any atom is -0.494 e. The summed E-state index contributed by atoms with van der Waals surface area (Å²) in [5.41, 5.74) is 1.05. The standard InChI is InChI=1S/C20H21N3O4S/c1-2-27-18-9-7-16(8-10-18)22(20-21-11-4-12-28-20)14-19(24)15-5-3-6-17(13-15)23(25)26/h3,5-10,13H,2,4,11-12,14H2,1H3. The van der Waals surface area contributed by atoms with Crippen LogP contribution in [-0.4, -0.2) is 41.3 Å². The smallest absolute Gasteiger partial charge is 0.270 e. The number of benzene rings is 2. The molecule has 0 saturated heterocycles. The Morgan fingerprint density at radius 2 is 2.07 bits per heavy atom. The number of hydrogen-bond acceptors (Lipinski definition) is 7. The highest BCUT2D eigenvalue weighted by atomic mass is 32.2. The van der Waals surface area contributed by atoms with Crippen molar-refractivity contribution in [1.82, 2.24) is 0 Å². The predicted molar refractivity (Wildman–Crippen MR) is 112 cm³/mol. The topological polar surface area (TPSA) is 85.0 Å². The molecule has 0 fully saturated rings. The second-order valence-electron chi connectivity index (χ2n) is 6.11. The Bertz CT molecular complexity index is 883. The number of carbonyl (C=O) groups is 1. The van der Waals surface area contributed by atoms with Crippen molar-refractivity contribution in [2.75, 3.05) is 30.3 Å². The molecule has 1 aliphatic heterocycles. The molecular weight excluding hydrogens is 378 g/mol. The lowest BCUT2D eigenvalue weighted by atomic mass is 10.1. The number of thioether (sulfide) groups is 1. The number of amidine groups is 1. The fraction of sp³-hybridized carbons (Fsp3) is 0.300. The van der Waals surface area contributed by atoms with Crippen LogP contribution >= 0.6 is 11.8 Å². The molecule has 7 nitrogen and oxygen atoms in total. The fourth-order valence-electron chi connectivity index (χ4n) is 2.80. The van der Waals surface area contributed by atoms with Crippen molar-refractivity contribution >= 4 is 34.1 Å². The van der Waals surface area contributed by atoms with Gasteiger partial charge in [-0.05, 0) is 37.6 Å². The molecule has 3 rings (SSSR count). The van der Waals surface area contributed by atoms with E-state index in [-0.39, 0.29) is 18.0 Å². The molecule has 0 N–H and O–H groups in total. The van der Waals surface area contributed by atoms with Crippen LogP contribution in [0, 0.1) is 10.1 Å². The van der Waals surface area contributed by atoms with Crippen LogP contribution in [0.4, 0.5) is 11.4 Å². The van der Waals surface area contributed by atoms with Gasteiger partial charge in [0.05, 0.1) is 18.1 Å². The molecule has 1 aliphatic rings. The molecule has 1 heterocycles. The quantitative estimate of drug-likeness (QED) is 0.394. The third-order valence-electron chi connectivity index (χ3n) is 4.15. The first-order valence-electron chi connectivity index (χ1n) is 9.04. The van der Waals surface area contributed by atoms with E-state index in [0.29, 0.717) is 12.2 Å². The van der Waals surface area contributed by atoms with Crippen molar-refractivity contribution in [3.8, 4) is 5.75 Å². The van der Waals surface area contributed by atoms with Crippen LogP contribution in [0.25, 0.3) is 0 Å². The van der Waals surface area contributed by atoms with Gasteiger partial charge in [-0.3, -0.25) is 19.9 Å². The highest BCUT2D eigenvalue weighted by Crippen LogP contribution is 2.26. The third kappa shape index (κ3) is 4.89. The highest BCUT2D eigenvalue weighted by Gasteiger charge is 2.21. The number of rotatable bonds is 7. The predicted octanol–water partition coefficient (Wildman–Crippen LogP) is 4.18. The van der Waals surface area contributed by atoms with Crippen molar-refractivity contribution in [3.05, 3.63) is 64.2 Å². The first kappa shape index (κ1) is 19.9. The van der Waals surface area contributed by atoms with Crippen molar-refractivity contribution < 1.29 is 14.5 Å². The molecule has 0 spiro atoms. The summed E-state index contributed by atoms with van der Waals surface area (Å²) in [5, 5.41) is 11.8. The van der Waals surface area contributed by atoms with Gasteiger partial charge < -0.3 is 9.64 Å². The Balaban J connectivity index is 1.86. The Kier molecular flexibility index (Phi) is 6.65. The molecule has 0 atom stereocenters. The van der Waals surface area contributed by atoms with Crippen LogP contribution in [-0.2, 0) is 0 Å². The van der Waals surface area contributed by atoms with Gasteiger partial charge >= 0.3 is 0 Å². The van der Waals surface area contributed by atoms with Gasteiger partial charge in [0.15, 0.2) is 11.0 Å². The third-order valence-corrected chi connectivity index (χ3v) is 5.25. The zero-order valence-corrected chi connectivity index (χ0v) is 16.4. The molecule has 0 saturated carbocycles. The van der Waals surface area contributed by atoms with E-state index < -0.39 is 4.92 Å². The largest absolute Gasteiger partial charge is 0.494 e. The van der Waals surface area contributed by atoms with Gasteiger partial charge in [-0.15, -0.1) is 0 Å². The molecule has 0 amide bonds. The van der Waals surface area contributed by atoms with Crippen molar-refractivity contribution in [2.24, 2.45) is 4.99 Å². The lowest BCUT2D eigenvalue weighted by Crippen LogP contribution is -2.35. The molecule has 0 unspecified atom stereocenters. The van der Waals surface area contributed by atoms with E-state index in [4.69, 9.17) is 4.74 Å². The number of Topliss-reactive ketones (excluding diaryl/α,β-unsaturated/α-hetero) is 1. The summed E-state index contributed by atoms with van der Waals surface area (Å²) >= 11 is 1.61. The summed E-state index contributed by atoms with van der Waals surface area (Å²) in [7, 11) is 0. The number of nitro groups is 1. The number of ketones is 1. The number of hydrogen-bond donors (Lipinski definition) is 0. The molecule has 0 radical (unpaired) electrons. The van der Waals surface area contributed by atoms with Crippen molar-refractivity contribution in [1.29, 1.82) is 0 Å². The van der Waals surface area contributed by atoms with E-state index >= 15 is 0 Å². The molecule has 28 heavy (non-hydrogen) atoms. The lowest BCUT2D eigenvalue weighted by molar-refractivity contribution is -0.384. The zero-order valence-electron chi connectivity index (χ0n) is 15.5. The second-order valence-corrected chi connectivity index (χ2v) is 7.17. The van der Waals surface area contributed by atoms with E-state index in [1.807, 2.05) is 36.1 Å². The SMILES string of the molecule is CCOc1ccc(N(CC(=O)c2cccc([N+](=O)[O-])c2)C2=NCCCS2)cc1. The lowest BCUT2D eigenvalue weighted by Gasteiger charge is -2.27. The van der Waals surface area contributed by atoms with E-state index in [9.17, 15) is 14.9 Å². The van der Waals surface area contributed by atoms with E-state index in [1.165, 1.54) is 18.2 Å². The monoisotopic (exact) mass is 399 g/mol. The summed E-state index contributed by atoms with van der Waals surface area (Å²) < 4.78 is 5.49. The Morgan fingerprint density at radius 1 is 1.29 bits per heavy atom. The van der Waals surface area contributed by atoms with Gasteiger partial charge in [-0.25, -0.2) is 0 Å². The first-order chi connectivity index (χ1) is 13.6. The summed E-state index contributed by atoms with van der Waals surface area (Å²) in [4.78, 5) is 29.8. The summed E-state index contributed by atoms with van der Waals surface area (Å²) in [6.07, 6.45) is 1.00. The molecule has 2 aromatic rings. The minimum absolute atomic E-state index is 0.0565. The van der Waals surface area contributed by atoms with E-state index in [2.05, 4.69) is 4.99 Å². The highest BCUT2D eigenvalue weighted by molar-refractivity contribution is 8.14. The maximum Gasteiger partial charge on any atom is 0.270 e. The van der Waals surface area contributed by atoms with Crippen LogP contribution in [0.5, 0.6) is 5.75 Å². The minimum atomic E-state index is -0.498. The number of nitro benzene ring substituents is 1. The molecule has 0 bridgehead atoms. The maximum absolute atomic E-state index is 12.9. The first-order valence-corrected chi connectivity index (χ1v) is 10.0. The van der Waals surface area contributed by atoms with Gasteiger partial charge in [-0.2, -0.15) is 0 Å². The Hall–Kier alpha value is -2.87. The molecule has 2 aromatic carbocycles. The fourth-order valence-corrected chi connectivity index (χ4v) is 3.76. The van der Waals surface area contributed by atoms with Gasteiger partial charge in [0.1, 0.15) is 5.75 Å². The average Bonchev–Trinajstić information content (AvgIpc) is 2.73. The zero-order chi connectivity index (χ0) is 19.9. The molecule has 0 aromatic heterocycles. The number of anilines is 1. The Morgan fingerprint density at radius 3 is 2.71 bits per heavy atom. The van der Waals surface area contributed by atoms with Gasteiger partial charge in [0.2, 0.25) is 0 Å². The van der Waals surface area contributed by atoms with Gasteiger partial charge in [0.25, 0.3) is 5.69 Å². The molecular formula is C20H21N3O4S. The van der Waals surface area contributed by atoms with E-state index in [0.717, 1.165) is 35.3 Å². The number of carbonyl (C=O) groups excluding carboxylic acids is 1. The van der Waals surface area contributed by atoms with E-state index in [1.54, 1.807) is 17.8 Å². The second kappa shape index (κ2) is 9.36. The molecule has 0 aliphatic carbocycles. The maximum atomic E-state index is 12.9. The van der Waals surface area contributed by atoms with Gasteiger partial charge in [-0.1, -0.05) is 23.9 Å². The van der Waals surface area contributed by atoms with Crippen LogP contribution in [0.2, 0.25) is 0 Å². The van der Waals surface area contributed by atoms with Crippen molar-refractivity contribution in [3.63, 3.8) is 0 Å². The number of ether oxygens (including phenoxy) is 1. The summed E-state index contributed by atoms with van der Waals surface area (Å²) in [6.45, 7) is 3.28. The summed E-state index contributed by atoms with van der Waals surface area (Å²) in [6, 6.07) is 13.3. The van der Waals surface area contributed by atoms with Crippen LogP contribution in [0.3, 0.4) is 0 Å². The number of aliphatic imine (C=N–C) groups is 1. The number of nitrogens with zero attached hydrogens (tertiary/aromatic N) is 3. The van der Waals surface area contributed by atoms with Crippen LogP contribution in [0.15, 0.2) is 53.5 Å². The summed E-state index contributed by atoms with van der Waals surface area (Å²) in [5.74, 6) is 1.50. The normalized spacial score (nSPS) is 13.5. The average molecular weight is 399 g/mol. The molecule has 146 valence electrons. The Labute approximate surface area is 167 Å². The van der Waals surface area contributed by atoms with Crippen LogP contribution in [0.1, 0.15) is 23.7 Å². The van der Waals surface area contributed by atoms with Crippen molar-refractivity contribution in [2.45, 2.75) is 13.3 Å².